The van der Waals surface area contributed by atoms with E-state index in [-0.39, 0.29) is 23.8 Å². The first-order valence-electron chi connectivity index (χ1n) is 11.9. The van der Waals surface area contributed by atoms with E-state index in [1.54, 1.807) is 0 Å². The summed E-state index contributed by atoms with van der Waals surface area (Å²) in [5, 5.41) is 2.51. The number of anilines is 1. The van der Waals surface area contributed by atoms with Crippen molar-refractivity contribution in [2.45, 2.75) is 76.9 Å². The predicted molar refractivity (Wildman–Crippen MR) is 123 cm³/mol. The standard InChI is InChI=1S/C25H35N3O4/c1-25(2,3)32-23(30)16-27-14-11-17(12-15-27)18-6-4-8-20-19(18)7-5-13-28(20)21-9-10-22(29)26-24(21)31/h4,6,8,17,21H,5,7,9-16H2,1-3H3,(H,26,29,31)/t21-/m0/s1. The van der Waals surface area contributed by atoms with E-state index in [9.17, 15) is 14.4 Å². The van der Waals surface area contributed by atoms with E-state index in [4.69, 9.17) is 4.74 Å². The molecular formula is C25H35N3O4. The highest BCUT2D eigenvalue weighted by molar-refractivity contribution is 6.01. The lowest BCUT2D eigenvalue weighted by Crippen LogP contribution is -2.54. The maximum Gasteiger partial charge on any atom is 0.320 e. The van der Waals surface area contributed by atoms with Gasteiger partial charge in [-0.3, -0.25) is 24.6 Å². The van der Waals surface area contributed by atoms with Crippen molar-refractivity contribution in [1.29, 1.82) is 0 Å². The lowest BCUT2D eigenvalue weighted by atomic mass is 9.83. The van der Waals surface area contributed by atoms with Crippen molar-refractivity contribution in [3.05, 3.63) is 29.3 Å². The van der Waals surface area contributed by atoms with E-state index in [2.05, 4.69) is 33.3 Å². The van der Waals surface area contributed by atoms with E-state index in [0.717, 1.165) is 51.0 Å². The number of benzene rings is 1. The summed E-state index contributed by atoms with van der Waals surface area (Å²) in [6.07, 6.45) is 5.04. The van der Waals surface area contributed by atoms with E-state index in [0.29, 0.717) is 25.3 Å². The summed E-state index contributed by atoms with van der Waals surface area (Å²) < 4.78 is 5.47. The van der Waals surface area contributed by atoms with Crippen LogP contribution in [0, 0.1) is 0 Å². The topological polar surface area (TPSA) is 79.0 Å². The largest absolute Gasteiger partial charge is 0.459 e. The molecular weight excluding hydrogens is 406 g/mol. The van der Waals surface area contributed by atoms with Crippen LogP contribution in [0.4, 0.5) is 5.69 Å². The Kier molecular flexibility index (Phi) is 6.56. The molecule has 0 aromatic heterocycles. The van der Waals surface area contributed by atoms with Crippen LogP contribution in [-0.4, -0.2) is 60.5 Å². The molecule has 1 aromatic rings. The van der Waals surface area contributed by atoms with E-state index >= 15 is 0 Å². The maximum absolute atomic E-state index is 12.5. The lowest BCUT2D eigenvalue weighted by Gasteiger charge is -2.40. The fourth-order valence-electron chi connectivity index (χ4n) is 5.32. The minimum absolute atomic E-state index is 0.159. The first-order chi connectivity index (χ1) is 15.2. The number of carbonyl (C=O) groups is 3. The molecule has 0 aliphatic carbocycles. The van der Waals surface area contributed by atoms with Gasteiger partial charge in [-0.1, -0.05) is 12.1 Å². The number of hydrogen-bond acceptors (Lipinski definition) is 6. The van der Waals surface area contributed by atoms with Crippen LogP contribution in [0.3, 0.4) is 0 Å². The number of amides is 2. The smallest absolute Gasteiger partial charge is 0.320 e. The second kappa shape index (κ2) is 9.22. The molecule has 0 saturated carbocycles. The quantitative estimate of drug-likeness (QED) is 0.572. The van der Waals surface area contributed by atoms with Crippen molar-refractivity contribution in [3.8, 4) is 0 Å². The van der Waals surface area contributed by atoms with Crippen LogP contribution < -0.4 is 10.2 Å². The normalized spacial score (nSPS) is 23.0. The summed E-state index contributed by atoms with van der Waals surface area (Å²) in [6.45, 7) is 8.64. The van der Waals surface area contributed by atoms with Crippen molar-refractivity contribution in [2.75, 3.05) is 31.1 Å². The van der Waals surface area contributed by atoms with Crippen molar-refractivity contribution >= 4 is 23.5 Å². The summed E-state index contributed by atoms with van der Waals surface area (Å²) >= 11 is 0. The van der Waals surface area contributed by atoms with Crippen LogP contribution in [0.5, 0.6) is 0 Å². The Morgan fingerprint density at radius 3 is 2.53 bits per heavy atom. The van der Waals surface area contributed by atoms with E-state index < -0.39 is 5.60 Å². The fraction of sp³-hybridized carbons (Fsp3) is 0.640. The summed E-state index contributed by atoms with van der Waals surface area (Å²) in [7, 11) is 0. The molecule has 0 spiro atoms. The number of nitrogens with zero attached hydrogens (tertiary/aromatic N) is 2. The van der Waals surface area contributed by atoms with Gasteiger partial charge in [0.05, 0.1) is 6.54 Å². The highest BCUT2D eigenvalue weighted by Gasteiger charge is 2.35. The lowest BCUT2D eigenvalue weighted by molar-refractivity contribution is -0.156. The van der Waals surface area contributed by atoms with Crippen LogP contribution in [0.15, 0.2) is 18.2 Å². The number of fused-ring (bicyclic) bond motifs is 1. The number of hydrogen-bond donors (Lipinski definition) is 1. The minimum atomic E-state index is -0.451. The van der Waals surface area contributed by atoms with Crippen LogP contribution in [0.1, 0.15) is 69.9 Å². The van der Waals surface area contributed by atoms with Crippen molar-refractivity contribution in [2.24, 2.45) is 0 Å². The zero-order valence-corrected chi connectivity index (χ0v) is 19.5. The molecule has 4 rings (SSSR count). The van der Waals surface area contributed by atoms with Gasteiger partial charge in [-0.2, -0.15) is 0 Å². The van der Waals surface area contributed by atoms with Gasteiger partial charge in [0.15, 0.2) is 0 Å². The van der Waals surface area contributed by atoms with Gasteiger partial charge in [-0.05, 0) is 89.1 Å². The first-order valence-corrected chi connectivity index (χ1v) is 11.9. The molecule has 2 amide bonds. The maximum atomic E-state index is 12.5. The average Bonchev–Trinajstić information content (AvgIpc) is 2.72. The molecule has 174 valence electrons. The molecule has 2 fully saturated rings. The molecule has 0 radical (unpaired) electrons. The highest BCUT2D eigenvalue weighted by Crippen LogP contribution is 2.39. The second-order valence-corrected chi connectivity index (χ2v) is 10.2. The Labute approximate surface area is 190 Å². The van der Waals surface area contributed by atoms with Gasteiger partial charge < -0.3 is 9.64 Å². The average molecular weight is 442 g/mol. The van der Waals surface area contributed by atoms with Crippen LogP contribution in [0.25, 0.3) is 0 Å². The van der Waals surface area contributed by atoms with Gasteiger partial charge in [0.1, 0.15) is 11.6 Å². The number of piperidine rings is 2. The monoisotopic (exact) mass is 441 g/mol. The third kappa shape index (κ3) is 5.14. The van der Waals surface area contributed by atoms with Crippen LogP contribution in [0.2, 0.25) is 0 Å². The van der Waals surface area contributed by atoms with Gasteiger partial charge in [-0.25, -0.2) is 0 Å². The molecule has 3 aliphatic heterocycles. The van der Waals surface area contributed by atoms with Crippen molar-refractivity contribution in [1.82, 2.24) is 10.2 Å². The zero-order valence-electron chi connectivity index (χ0n) is 19.5. The molecule has 7 heteroatoms. The Morgan fingerprint density at radius 2 is 1.84 bits per heavy atom. The summed E-state index contributed by atoms with van der Waals surface area (Å²) in [5.41, 5.74) is 3.44. The third-order valence-electron chi connectivity index (χ3n) is 6.71. The number of likely N-dealkylation sites (tertiary alicyclic amines) is 1. The van der Waals surface area contributed by atoms with Gasteiger partial charge in [-0.15, -0.1) is 0 Å². The number of rotatable bonds is 4. The predicted octanol–water partition coefficient (Wildman–Crippen LogP) is 2.77. The van der Waals surface area contributed by atoms with Gasteiger partial charge in [0, 0.05) is 18.7 Å². The summed E-state index contributed by atoms with van der Waals surface area (Å²) in [5.74, 6) is -0.0419. The summed E-state index contributed by atoms with van der Waals surface area (Å²) in [4.78, 5) is 40.7. The zero-order chi connectivity index (χ0) is 22.9. The van der Waals surface area contributed by atoms with Crippen molar-refractivity contribution in [3.63, 3.8) is 0 Å². The van der Waals surface area contributed by atoms with Crippen molar-refractivity contribution < 1.29 is 19.1 Å². The third-order valence-corrected chi connectivity index (χ3v) is 6.71. The fourth-order valence-corrected chi connectivity index (χ4v) is 5.32. The van der Waals surface area contributed by atoms with Gasteiger partial charge in [0.25, 0.3) is 0 Å². The van der Waals surface area contributed by atoms with E-state index in [1.165, 1.54) is 11.1 Å². The van der Waals surface area contributed by atoms with Crippen LogP contribution in [-0.2, 0) is 25.5 Å². The van der Waals surface area contributed by atoms with Gasteiger partial charge >= 0.3 is 5.97 Å². The van der Waals surface area contributed by atoms with Crippen LogP contribution >= 0.6 is 0 Å². The Bertz CT molecular complexity index is 884. The molecule has 1 N–H and O–H groups in total. The molecule has 0 bridgehead atoms. The van der Waals surface area contributed by atoms with Gasteiger partial charge in [0.2, 0.25) is 11.8 Å². The molecule has 3 aliphatic rings. The molecule has 2 saturated heterocycles. The molecule has 32 heavy (non-hydrogen) atoms. The van der Waals surface area contributed by atoms with E-state index in [1.807, 2.05) is 20.8 Å². The molecule has 7 nitrogen and oxygen atoms in total. The highest BCUT2D eigenvalue weighted by atomic mass is 16.6. The molecule has 0 unspecified atom stereocenters. The number of carbonyl (C=O) groups excluding carboxylic acids is 3. The Balaban J connectivity index is 1.43. The Hall–Kier alpha value is -2.41. The SMILES string of the molecule is CC(C)(C)OC(=O)CN1CCC(c2cccc3c2CCCN3[C@H]2CCC(=O)NC2=O)CC1. The first kappa shape index (κ1) is 22.8. The minimum Gasteiger partial charge on any atom is -0.459 e. The number of ether oxygens (including phenoxy) is 1. The number of nitrogens with one attached hydrogen (secondary N) is 1. The number of imide groups is 1. The summed E-state index contributed by atoms with van der Waals surface area (Å²) in [6, 6.07) is 6.20. The molecule has 1 atom stereocenters. The number of esters is 1. The molecule has 3 heterocycles. The second-order valence-electron chi connectivity index (χ2n) is 10.2. The molecule has 1 aromatic carbocycles. The Morgan fingerprint density at radius 1 is 1.09 bits per heavy atom.